The highest BCUT2D eigenvalue weighted by Gasteiger charge is 2.32. The number of hydrogen-bond acceptors (Lipinski definition) is 8. The van der Waals surface area contributed by atoms with Crippen molar-refractivity contribution in [3.63, 3.8) is 0 Å². The van der Waals surface area contributed by atoms with Gasteiger partial charge in [0.1, 0.15) is 0 Å². The molecule has 0 saturated carbocycles. The van der Waals surface area contributed by atoms with Crippen LogP contribution in [0.4, 0.5) is 0 Å². The van der Waals surface area contributed by atoms with Gasteiger partial charge in [-0.15, -0.1) is 11.3 Å². The monoisotopic (exact) mass is 668 g/mol. The summed E-state index contributed by atoms with van der Waals surface area (Å²) in [5.74, 6) is -0.334. The first-order chi connectivity index (χ1) is 22.9. The van der Waals surface area contributed by atoms with Gasteiger partial charge in [-0.25, -0.2) is 4.98 Å². The molecule has 1 aliphatic heterocycles. The normalized spacial score (nSPS) is 17.9. The van der Waals surface area contributed by atoms with Crippen LogP contribution in [0.3, 0.4) is 0 Å². The number of ether oxygens (including phenoxy) is 2. The second-order valence-electron chi connectivity index (χ2n) is 11.4. The summed E-state index contributed by atoms with van der Waals surface area (Å²) < 4.78 is 15.3. The van der Waals surface area contributed by atoms with Crippen LogP contribution >= 0.6 is 23.1 Å². The van der Waals surface area contributed by atoms with Crippen molar-refractivity contribution in [2.24, 2.45) is 0 Å². The highest BCUT2D eigenvalue weighted by Crippen LogP contribution is 2.40. The lowest BCUT2D eigenvalue weighted by Gasteiger charge is -2.36. The molecule has 0 bridgehead atoms. The summed E-state index contributed by atoms with van der Waals surface area (Å²) in [7, 11) is 0. The van der Waals surface area contributed by atoms with Crippen molar-refractivity contribution < 1.29 is 29.3 Å². The average molecular weight is 669 g/mol. The molecule has 0 radical (unpaired) electrons. The molecular weight excluding hydrogens is 633 g/mol. The molecule has 1 fully saturated rings. The number of fused-ring (bicyclic) bond motifs is 1. The Kier molecular flexibility index (Phi) is 11.0. The van der Waals surface area contributed by atoms with E-state index < -0.39 is 12.3 Å². The molecular formula is C37H36N2O6S2. The molecule has 3 atom stereocenters. The summed E-state index contributed by atoms with van der Waals surface area (Å²) >= 11 is 3.40. The van der Waals surface area contributed by atoms with Crippen LogP contribution in [0.2, 0.25) is 0 Å². The fraction of sp³-hybridized carbons (Fsp3) is 0.270. The third kappa shape index (κ3) is 8.65. The van der Waals surface area contributed by atoms with Crippen LogP contribution in [-0.2, 0) is 32.2 Å². The Balaban J connectivity index is 1.16. The SMILES string of the molecule is O=C(O)CCCC(=O)NCc1ccccc1-c1ccc(C2OC(CSc3nc4ccccc4s3)CC(c3ccc(CO)cc3)O2)cc1. The molecule has 0 spiro atoms. The number of thiazole rings is 1. The van der Waals surface area contributed by atoms with Crippen LogP contribution in [0.1, 0.15) is 60.3 Å². The minimum Gasteiger partial charge on any atom is -0.481 e. The molecule has 8 nitrogen and oxygen atoms in total. The number of nitrogens with one attached hydrogen (secondary N) is 1. The lowest BCUT2D eigenvalue weighted by atomic mass is 9.97. The van der Waals surface area contributed by atoms with Crippen molar-refractivity contribution in [3.05, 3.63) is 119 Å². The van der Waals surface area contributed by atoms with E-state index in [1.54, 1.807) is 23.1 Å². The molecule has 1 aliphatic rings. The van der Waals surface area contributed by atoms with Crippen molar-refractivity contribution in [1.29, 1.82) is 0 Å². The number of carbonyl (C=O) groups is 2. The number of thioether (sulfide) groups is 1. The second kappa shape index (κ2) is 15.7. The molecule has 6 rings (SSSR count). The quantitative estimate of drug-likeness (QED) is 0.110. The minimum absolute atomic E-state index is 0.00634. The lowest BCUT2D eigenvalue weighted by Crippen LogP contribution is -2.31. The Morgan fingerprint density at radius 2 is 1.64 bits per heavy atom. The van der Waals surface area contributed by atoms with Gasteiger partial charge in [-0.05, 0) is 46.4 Å². The van der Waals surface area contributed by atoms with Gasteiger partial charge >= 0.3 is 5.97 Å². The topological polar surface area (TPSA) is 118 Å². The summed E-state index contributed by atoms with van der Waals surface area (Å²) in [5.41, 5.74) is 6.78. The van der Waals surface area contributed by atoms with Gasteiger partial charge in [0.2, 0.25) is 5.91 Å². The molecule has 1 saturated heterocycles. The molecule has 47 heavy (non-hydrogen) atoms. The van der Waals surface area contributed by atoms with E-state index in [0.29, 0.717) is 19.4 Å². The largest absolute Gasteiger partial charge is 0.481 e. The number of rotatable bonds is 13. The third-order valence-corrected chi connectivity index (χ3v) is 10.4. The number of carbonyl (C=O) groups excluding carboxylic acids is 1. The van der Waals surface area contributed by atoms with Crippen LogP contribution in [0.5, 0.6) is 0 Å². The smallest absolute Gasteiger partial charge is 0.303 e. The van der Waals surface area contributed by atoms with Gasteiger partial charge in [0, 0.05) is 37.1 Å². The maximum Gasteiger partial charge on any atom is 0.303 e. The third-order valence-electron chi connectivity index (χ3n) is 8.06. The zero-order valence-corrected chi connectivity index (χ0v) is 27.3. The van der Waals surface area contributed by atoms with Gasteiger partial charge in [-0.1, -0.05) is 96.7 Å². The number of aliphatic hydroxyl groups excluding tert-OH is 1. The van der Waals surface area contributed by atoms with Crippen molar-refractivity contribution >= 4 is 45.2 Å². The Morgan fingerprint density at radius 1 is 0.894 bits per heavy atom. The predicted octanol–water partition coefficient (Wildman–Crippen LogP) is 7.66. The first kappa shape index (κ1) is 32.9. The van der Waals surface area contributed by atoms with E-state index >= 15 is 0 Å². The number of amides is 1. The fourth-order valence-electron chi connectivity index (χ4n) is 5.56. The summed E-state index contributed by atoms with van der Waals surface area (Å²) in [6.07, 6.45) is 0.338. The Bertz CT molecular complexity index is 1780. The number of para-hydroxylation sites is 1. The number of hydrogen-bond donors (Lipinski definition) is 3. The highest BCUT2D eigenvalue weighted by molar-refractivity contribution is 8.01. The standard InChI is InChI=1S/C37H36N2O6S2/c40-22-24-12-14-26(15-13-24)32-20-29(23-46-37-39-31-8-3-4-9-33(31)47-37)44-36(45-32)27-18-16-25(17-19-27)30-7-2-1-6-28(30)21-38-34(41)10-5-11-35(42)43/h1-4,6-9,12-19,29,32,36,40H,5,10-11,20-23H2,(H,38,41)(H,42,43). The first-order valence-electron chi connectivity index (χ1n) is 15.6. The Hall–Kier alpha value is -4.06. The summed E-state index contributed by atoms with van der Waals surface area (Å²) in [6, 6.07) is 32.1. The fourth-order valence-corrected chi connectivity index (χ4v) is 7.67. The van der Waals surface area contributed by atoms with Gasteiger partial charge in [-0.2, -0.15) is 0 Å². The Morgan fingerprint density at radius 3 is 2.40 bits per heavy atom. The molecule has 0 aliphatic carbocycles. The molecule has 1 aromatic heterocycles. The van der Waals surface area contributed by atoms with Crippen LogP contribution in [0.25, 0.3) is 21.3 Å². The number of carboxylic acid groups (broad SMARTS) is 1. The molecule has 242 valence electrons. The molecule has 2 heterocycles. The summed E-state index contributed by atoms with van der Waals surface area (Å²) in [4.78, 5) is 27.8. The summed E-state index contributed by atoms with van der Waals surface area (Å²) in [6.45, 7) is 0.344. The van der Waals surface area contributed by atoms with E-state index in [0.717, 1.165) is 49.0 Å². The minimum atomic E-state index is -0.901. The van der Waals surface area contributed by atoms with E-state index in [9.17, 15) is 14.7 Å². The van der Waals surface area contributed by atoms with E-state index in [2.05, 4.69) is 11.4 Å². The number of benzene rings is 4. The molecule has 3 unspecified atom stereocenters. The number of aromatic nitrogens is 1. The second-order valence-corrected chi connectivity index (χ2v) is 13.7. The maximum absolute atomic E-state index is 12.3. The van der Waals surface area contributed by atoms with E-state index in [4.69, 9.17) is 19.6 Å². The first-order valence-corrected chi connectivity index (χ1v) is 17.4. The van der Waals surface area contributed by atoms with E-state index in [1.807, 2.05) is 91.0 Å². The maximum atomic E-state index is 12.3. The van der Waals surface area contributed by atoms with Crippen molar-refractivity contribution in [2.75, 3.05) is 5.75 Å². The predicted molar refractivity (Wildman–Crippen MR) is 184 cm³/mol. The van der Waals surface area contributed by atoms with E-state index in [1.165, 1.54) is 4.70 Å². The zero-order chi connectivity index (χ0) is 32.6. The van der Waals surface area contributed by atoms with Gasteiger partial charge < -0.3 is 25.0 Å². The molecule has 4 aromatic carbocycles. The van der Waals surface area contributed by atoms with Crippen LogP contribution in [-0.4, -0.2) is 38.9 Å². The average Bonchev–Trinajstić information content (AvgIpc) is 3.53. The number of aliphatic carboxylic acids is 1. The molecule has 1 amide bonds. The zero-order valence-electron chi connectivity index (χ0n) is 25.7. The molecule has 10 heteroatoms. The Labute approximate surface area is 281 Å². The van der Waals surface area contributed by atoms with Crippen LogP contribution < -0.4 is 5.32 Å². The van der Waals surface area contributed by atoms with Crippen molar-refractivity contribution in [1.82, 2.24) is 10.3 Å². The molecule has 5 aromatic rings. The number of aliphatic hydroxyl groups is 1. The lowest BCUT2D eigenvalue weighted by molar-refractivity contribution is -0.245. The van der Waals surface area contributed by atoms with Crippen LogP contribution in [0, 0.1) is 0 Å². The summed E-state index contributed by atoms with van der Waals surface area (Å²) in [5, 5.41) is 21.3. The number of nitrogens with zero attached hydrogens (tertiary/aromatic N) is 1. The molecule has 3 N–H and O–H groups in total. The van der Waals surface area contributed by atoms with E-state index in [-0.39, 0.29) is 37.6 Å². The van der Waals surface area contributed by atoms with Gasteiger partial charge in [0.25, 0.3) is 0 Å². The van der Waals surface area contributed by atoms with Crippen molar-refractivity contribution in [2.45, 2.75) is 61.7 Å². The highest BCUT2D eigenvalue weighted by atomic mass is 32.2. The van der Waals surface area contributed by atoms with Gasteiger partial charge in [0.15, 0.2) is 10.6 Å². The van der Waals surface area contributed by atoms with Gasteiger partial charge in [-0.3, -0.25) is 9.59 Å². The van der Waals surface area contributed by atoms with Crippen molar-refractivity contribution in [3.8, 4) is 11.1 Å². The number of carboxylic acids is 1. The van der Waals surface area contributed by atoms with Gasteiger partial charge in [0.05, 0.1) is 29.0 Å². The van der Waals surface area contributed by atoms with Crippen LogP contribution in [0.15, 0.2) is 101 Å².